The molecule has 0 atom stereocenters. The Morgan fingerprint density at radius 3 is 2.59 bits per heavy atom. The molecular formula is C13H20ClNO2. The Labute approximate surface area is 108 Å². The summed E-state index contributed by atoms with van der Waals surface area (Å²) >= 11 is 5.98. The van der Waals surface area contributed by atoms with E-state index in [4.69, 9.17) is 21.1 Å². The molecule has 1 aromatic carbocycles. The van der Waals surface area contributed by atoms with E-state index in [0.717, 1.165) is 11.3 Å². The molecule has 4 heteroatoms. The first-order chi connectivity index (χ1) is 7.98. The van der Waals surface area contributed by atoms with Crippen molar-refractivity contribution >= 4 is 11.6 Å². The summed E-state index contributed by atoms with van der Waals surface area (Å²) in [6.45, 7) is 5.52. The van der Waals surface area contributed by atoms with Gasteiger partial charge in [0.25, 0.3) is 0 Å². The van der Waals surface area contributed by atoms with Crippen LogP contribution in [-0.4, -0.2) is 26.4 Å². The number of ether oxygens (including phenoxy) is 2. The minimum atomic E-state index is -0.0813. The van der Waals surface area contributed by atoms with Gasteiger partial charge in [-0.15, -0.1) is 0 Å². The van der Waals surface area contributed by atoms with Crippen molar-refractivity contribution in [2.45, 2.75) is 25.9 Å². The molecule has 0 heterocycles. The largest absolute Gasteiger partial charge is 0.496 e. The molecule has 0 spiro atoms. The quantitative estimate of drug-likeness (QED) is 0.850. The third-order valence-corrected chi connectivity index (χ3v) is 2.74. The predicted molar refractivity (Wildman–Crippen MR) is 70.8 cm³/mol. The third-order valence-electron chi connectivity index (χ3n) is 2.51. The van der Waals surface area contributed by atoms with E-state index < -0.39 is 0 Å². The summed E-state index contributed by atoms with van der Waals surface area (Å²) in [6, 6.07) is 5.61. The third kappa shape index (κ3) is 4.54. The fraction of sp³-hybridized carbons (Fsp3) is 0.538. The molecule has 0 aliphatic heterocycles. The standard InChI is InChI=1S/C13H20ClNO2/c1-13(2,9-16-3)15-8-10-7-11(14)5-6-12(10)17-4/h5-7,15H,8-9H2,1-4H3. The summed E-state index contributed by atoms with van der Waals surface area (Å²) in [6.07, 6.45) is 0. The van der Waals surface area contributed by atoms with Crippen molar-refractivity contribution in [1.29, 1.82) is 0 Å². The molecule has 3 nitrogen and oxygen atoms in total. The molecule has 1 N–H and O–H groups in total. The van der Waals surface area contributed by atoms with Crippen molar-refractivity contribution in [2.75, 3.05) is 20.8 Å². The number of methoxy groups -OCH3 is 2. The molecule has 0 unspecified atom stereocenters. The van der Waals surface area contributed by atoms with Gasteiger partial charge in [-0.05, 0) is 32.0 Å². The minimum absolute atomic E-state index is 0.0813. The van der Waals surface area contributed by atoms with E-state index in [1.165, 1.54) is 0 Å². The molecular weight excluding hydrogens is 238 g/mol. The van der Waals surface area contributed by atoms with Crippen LogP contribution in [0.25, 0.3) is 0 Å². The molecule has 1 aromatic rings. The maximum absolute atomic E-state index is 5.98. The topological polar surface area (TPSA) is 30.5 Å². The van der Waals surface area contributed by atoms with E-state index in [1.54, 1.807) is 14.2 Å². The first-order valence-corrected chi connectivity index (χ1v) is 5.92. The highest BCUT2D eigenvalue weighted by Crippen LogP contribution is 2.23. The maximum Gasteiger partial charge on any atom is 0.123 e. The summed E-state index contributed by atoms with van der Waals surface area (Å²) < 4.78 is 10.5. The number of hydrogen-bond donors (Lipinski definition) is 1. The van der Waals surface area contributed by atoms with E-state index in [0.29, 0.717) is 18.2 Å². The fourth-order valence-corrected chi connectivity index (χ4v) is 1.83. The minimum Gasteiger partial charge on any atom is -0.496 e. The van der Waals surface area contributed by atoms with Crippen LogP contribution < -0.4 is 10.1 Å². The van der Waals surface area contributed by atoms with Gasteiger partial charge in [0, 0.05) is 29.8 Å². The van der Waals surface area contributed by atoms with Crippen molar-refractivity contribution < 1.29 is 9.47 Å². The number of hydrogen-bond acceptors (Lipinski definition) is 3. The lowest BCUT2D eigenvalue weighted by molar-refractivity contribution is 0.127. The Hall–Kier alpha value is -0.770. The van der Waals surface area contributed by atoms with Crippen LogP contribution in [0.15, 0.2) is 18.2 Å². The van der Waals surface area contributed by atoms with E-state index >= 15 is 0 Å². The van der Waals surface area contributed by atoms with Crippen LogP contribution in [0, 0.1) is 0 Å². The summed E-state index contributed by atoms with van der Waals surface area (Å²) in [4.78, 5) is 0. The summed E-state index contributed by atoms with van der Waals surface area (Å²) in [5.41, 5.74) is 0.964. The van der Waals surface area contributed by atoms with Crippen LogP contribution in [0.2, 0.25) is 5.02 Å². The van der Waals surface area contributed by atoms with Crippen molar-refractivity contribution in [3.8, 4) is 5.75 Å². The molecule has 17 heavy (non-hydrogen) atoms. The molecule has 0 bridgehead atoms. The average molecular weight is 258 g/mol. The van der Waals surface area contributed by atoms with Crippen molar-refractivity contribution in [3.05, 3.63) is 28.8 Å². The van der Waals surface area contributed by atoms with Gasteiger partial charge in [0.2, 0.25) is 0 Å². The average Bonchev–Trinajstić information content (AvgIpc) is 2.27. The van der Waals surface area contributed by atoms with Crippen LogP contribution in [-0.2, 0) is 11.3 Å². The Kier molecular flexibility index (Phi) is 5.25. The molecule has 1 rings (SSSR count). The summed E-state index contributed by atoms with van der Waals surface area (Å²) in [5, 5.41) is 4.13. The van der Waals surface area contributed by atoms with Crippen LogP contribution in [0.5, 0.6) is 5.75 Å². The van der Waals surface area contributed by atoms with Gasteiger partial charge >= 0.3 is 0 Å². The zero-order valence-electron chi connectivity index (χ0n) is 10.8. The van der Waals surface area contributed by atoms with Crippen LogP contribution in [0.4, 0.5) is 0 Å². The van der Waals surface area contributed by atoms with Crippen molar-refractivity contribution in [1.82, 2.24) is 5.32 Å². The lowest BCUT2D eigenvalue weighted by Crippen LogP contribution is -2.42. The van der Waals surface area contributed by atoms with Gasteiger partial charge in [0.1, 0.15) is 5.75 Å². The Balaban J connectivity index is 2.71. The second-order valence-corrected chi connectivity index (χ2v) is 5.06. The predicted octanol–water partition coefficient (Wildman–Crippen LogP) is 2.86. The number of halogens is 1. The van der Waals surface area contributed by atoms with Crippen molar-refractivity contribution in [2.24, 2.45) is 0 Å². The van der Waals surface area contributed by atoms with E-state index in [-0.39, 0.29) is 5.54 Å². The highest BCUT2D eigenvalue weighted by molar-refractivity contribution is 6.30. The molecule has 0 aromatic heterocycles. The van der Waals surface area contributed by atoms with E-state index in [1.807, 2.05) is 18.2 Å². The SMILES string of the molecule is COCC(C)(C)NCc1cc(Cl)ccc1OC. The fourth-order valence-electron chi connectivity index (χ4n) is 1.63. The second kappa shape index (κ2) is 6.24. The van der Waals surface area contributed by atoms with E-state index in [2.05, 4.69) is 19.2 Å². The Morgan fingerprint density at radius 2 is 2.00 bits per heavy atom. The molecule has 0 amide bonds. The van der Waals surface area contributed by atoms with Crippen LogP contribution >= 0.6 is 11.6 Å². The molecule has 0 fully saturated rings. The molecule has 96 valence electrons. The second-order valence-electron chi connectivity index (χ2n) is 4.63. The number of benzene rings is 1. The monoisotopic (exact) mass is 257 g/mol. The van der Waals surface area contributed by atoms with Gasteiger partial charge in [0.15, 0.2) is 0 Å². The number of rotatable bonds is 6. The van der Waals surface area contributed by atoms with Crippen molar-refractivity contribution in [3.63, 3.8) is 0 Å². The highest BCUT2D eigenvalue weighted by atomic mass is 35.5. The van der Waals surface area contributed by atoms with Crippen LogP contribution in [0.1, 0.15) is 19.4 Å². The first-order valence-electron chi connectivity index (χ1n) is 5.55. The molecule has 0 aliphatic rings. The van der Waals surface area contributed by atoms with Crippen LogP contribution in [0.3, 0.4) is 0 Å². The Bertz CT molecular complexity index is 366. The van der Waals surface area contributed by atoms with E-state index in [9.17, 15) is 0 Å². The smallest absolute Gasteiger partial charge is 0.123 e. The van der Waals surface area contributed by atoms with Gasteiger partial charge in [0.05, 0.1) is 13.7 Å². The molecule has 0 radical (unpaired) electrons. The lowest BCUT2D eigenvalue weighted by atomic mass is 10.1. The number of nitrogens with one attached hydrogen (secondary N) is 1. The molecule has 0 aliphatic carbocycles. The molecule has 0 saturated heterocycles. The molecule has 0 saturated carbocycles. The van der Waals surface area contributed by atoms with Gasteiger partial charge in [-0.25, -0.2) is 0 Å². The normalized spacial score (nSPS) is 11.6. The first kappa shape index (κ1) is 14.3. The lowest BCUT2D eigenvalue weighted by Gasteiger charge is -2.25. The zero-order valence-corrected chi connectivity index (χ0v) is 11.6. The summed E-state index contributed by atoms with van der Waals surface area (Å²) in [5.74, 6) is 0.843. The maximum atomic E-state index is 5.98. The van der Waals surface area contributed by atoms with Gasteiger partial charge in [-0.3, -0.25) is 0 Å². The van der Waals surface area contributed by atoms with Gasteiger partial charge < -0.3 is 14.8 Å². The van der Waals surface area contributed by atoms with Gasteiger partial charge in [-0.1, -0.05) is 11.6 Å². The summed E-state index contributed by atoms with van der Waals surface area (Å²) in [7, 11) is 3.36. The Morgan fingerprint density at radius 1 is 1.29 bits per heavy atom. The highest BCUT2D eigenvalue weighted by Gasteiger charge is 2.17. The van der Waals surface area contributed by atoms with Gasteiger partial charge in [-0.2, -0.15) is 0 Å². The zero-order chi connectivity index (χ0) is 12.9.